The van der Waals surface area contributed by atoms with E-state index in [1.807, 2.05) is 6.92 Å². The predicted octanol–water partition coefficient (Wildman–Crippen LogP) is 3.67. The molecule has 2 aromatic carbocycles. The van der Waals surface area contributed by atoms with Crippen LogP contribution in [0.25, 0.3) is 0 Å². The number of aryl methyl sites for hydroxylation is 1. The summed E-state index contributed by atoms with van der Waals surface area (Å²) in [6.45, 7) is 1.45. The van der Waals surface area contributed by atoms with Gasteiger partial charge in [0.25, 0.3) is 0 Å². The van der Waals surface area contributed by atoms with Crippen LogP contribution in [0, 0.1) is 6.92 Å². The fourth-order valence-corrected chi connectivity index (χ4v) is 3.43. The van der Waals surface area contributed by atoms with E-state index in [-0.39, 0.29) is 11.5 Å². The number of rotatable bonds is 6. The summed E-state index contributed by atoms with van der Waals surface area (Å²) in [6, 6.07) is 11.3. The third kappa shape index (κ3) is 5.19. The molecule has 0 fully saturated rings. The Morgan fingerprint density at radius 1 is 1.08 bits per heavy atom. The highest BCUT2D eigenvalue weighted by Gasteiger charge is 2.23. The van der Waals surface area contributed by atoms with Gasteiger partial charge in [-0.3, -0.25) is 4.79 Å². The van der Waals surface area contributed by atoms with Crippen molar-refractivity contribution in [3.8, 4) is 0 Å². The van der Waals surface area contributed by atoms with Crippen LogP contribution >= 0.6 is 23.2 Å². The van der Waals surface area contributed by atoms with Gasteiger partial charge in [-0.2, -0.15) is 4.31 Å². The molecule has 0 aliphatic carbocycles. The molecule has 134 valence electrons. The molecule has 25 heavy (non-hydrogen) atoms. The SMILES string of the molecule is Cc1ccc(S(=O)(=O)N(C)CC(=O)OCc2ccc(Cl)c(Cl)c2)cc1. The van der Waals surface area contributed by atoms with Crippen molar-refractivity contribution in [1.82, 2.24) is 4.31 Å². The van der Waals surface area contributed by atoms with Crippen LogP contribution in [0.4, 0.5) is 0 Å². The van der Waals surface area contributed by atoms with Crippen molar-refractivity contribution in [1.29, 1.82) is 0 Å². The lowest BCUT2D eigenvalue weighted by molar-refractivity contribution is -0.144. The Morgan fingerprint density at radius 3 is 2.32 bits per heavy atom. The van der Waals surface area contributed by atoms with Crippen molar-refractivity contribution < 1.29 is 17.9 Å². The summed E-state index contributed by atoms with van der Waals surface area (Å²) < 4.78 is 30.9. The zero-order chi connectivity index (χ0) is 18.6. The molecule has 8 heteroatoms. The molecule has 0 unspecified atom stereocenters. The Hall–Kier alpha value is -1.60. The van der Waals surface area contributed by atoms with Crippen LogP contribution < -0.4 is 0 Å². The molecule has 0 amide bonds. The Balaban J connectivity index is 1.97. The lowest BCUT2D eigenvalue weighted by atomic mass is 10.2. The molecule has 0 saturated heterocycles. The van der Waals surface area contributed by atoms with Gasteiger partial charge in [0.05, 0.1) is 14.9 Å². The molecule has 0 heterocycles. The van der Waals surface area contributed by atoms with Crippen molar-refractivity contribution in [3.63, 3.8) is 0 Å². The first-order valence-electron chi connectivity index (χ1n) is 7.32. The number of carbonyl (C=O) groups is 1. The zero-order valence-corrected chi connectivity index (χ0v) is 16.0. The van der Waals surface area contributed by atoms with Crippen LogP contribution in [0.5, 0.6) is 0 Å². The number of nitrogens with zero attached hydrogens (tertiary/aromatic N) is 1. The number of likely N-dealkylation sites (N-methyl/N-ethyl adjacent to an activating group) is 1. The third-order valence-corrected chi connectivity index (χ3v) is 6.02. The predicted molar refractivity (Wildman–Crippen MR) is 97.3 cm³/mol. The van der Waals surface area contributed by atoms with Gasteiger partial charge < -0.3 is 4.74 Å². The number of esters is 1. The average molecular weight is 402 g/mol. The molecule has 0 atom stereocenters. The van der Waals surface area contributed by atoms with Crippen LogP contribution in [-0.2, 0) is 26.2 Å². The second kappa shape index (κ2) is 8.19. The number of carbonyl (C=O) groups excluding carboxylic acids is 1. The van der Waals surface area contributed by atoms with Crippen molar-refractivity contribution in [2.75, 3.05) is 13.6 Å². The minimum Gasteiger partial charge on any atom is -0.460 e. The molecule has 0 aliphatic heterocycles. The first-order chi connectivity index (χ1) is 11.7. The van der Waals surface area contributed by atoms with Gasteiger partial charge in [-0.1, -0.05) is 47.0 Å². The van der Waals surface area contributed by atoms with Gasteiger partial charge in [0.1, 0.15) is 13.2 Å². The van der Waals surface area contributed by atoms with Gasteiger partial charge in [0.15, 0.2) is 0 Å². The zero-order valence-electron chi connectivity index (χ0n) is 13.7. The molecule has 2 aromatic rings. The van der Waals surface area contributed by atoms with E-state index in [1.165, 1.54) is 19.2 Å². The fourth-order valence-electron chi connectivity index (χ4n) is 2.00. The number of benzene rings is 2. The molecular formula is C17H17Cl2NO4S. The maximum absolute atomic E-state index is 12.4. The Morgan fingerprint density at radius 2 is 1.72 bits per heavy atom. The van der Waals surface area contributed by atoms with Crippen molar-refractivity contribution >= 4 is 39.2 Å². The molecule has 0 saturated carbocycles. The monoisotopic (exact) mass is 401 g/mol. The standard InChI is InChI=1S/C17H17Cl2NO4S/c1-12-3-6-14(7-4-12)25(22,23)20(2)10-17(21)24-11-13-5-8-15(18)16(19)9-13/h3-9H,10-11H2,1-2H3. The van der Waals surface area contributed by atoms with Gasteiger partial charge in [0.2, 0.25) is 10.0 Å². The maximum atomic E-state index is 12.4. The van der Waals surface area contributed by atoms with Crippen LogP contribution in [0.1, 0.15) is 11.1 Å². The summed E-state index contributed by atoms with van der Waals surface area (Å²) in [5.41, 5.74) is 1.61. The molecule has 0 spiro atoms. The summed E-state index contributed by atoms with van der Waals surface area (Å²) in [5.74, 6) is -0.663. The molecule has 0 aliphatic rings. The van der Waals surface area contributed by atoms with E-state index in [1.54, 1.807) is 30.3 Å². The van der Waals surface area contributed by atoms with E-state index in [0.717, 1.165) is 9.87 Å². The van der Waals surface area contributed by atoms with Crippen LogP contribution in [0.2, 0.25) is 10.0 Å². The average Bonchev–Trinajstić information content (AvgIpc) is 2.56. The number of halogens is 2. The highest BCUT2D eigenvalue weighted by atomic mass is 35.5. The third-order valence-electron chi connectivity index (χ3n) is 3.46. The number of hydrogen-bond donors (Lipinski definition) is 0. The van der Waals surface area contributed by atoms with Crippen LogP contribution in [-0.4, -0.2) is 32.3 Å². The number of hydrogen-bond acceptors (Lipinski definition) is 4. The van der Waals surface area contributed by atoms with E-state index in [4.69, 9.17) is 27.9 Å². The summed E-state index contributed by atoms with van der Waals surface area (Å²) in [4.78, 5) is 12.0. The Bertz CT molecular complexity index is 867. The molecule has 2 rings (SSSR count). The van der Waals surface area contributed by atoms with Crippen molar-refractivity contribution in [2.45, 2.75) is 18.4 Å². The van der Waals surface area contributed by atoms with Crippen molar-refractivity contribution in [2.24, 2.45) is 0 Å². The van der Waals surface area contributed by atoms with Gasteiger partial charge in [-0.15, -0.1) is 0 Å². The number of sulfonamides is 1. The maximum Gasteiger partial charge on any atom is 0.321 e. The van der Waals surface area contributed by atoms with E-state index >= 15 is 0 Å². The lowest BCUT2D eigenvalue weighted by Gasteiger charge is -2.16. The second-order valence-corrected chi connectivity index (χ2v) is 8.34. The van der Waals surface area contributed by atoms with E-state index in [2.05, 4.69) is 0 Å². The summed E-state index contributed by atoms with van der Waals surface area (Å²) in [7, 11) is -2.42. The number of ether oxygens (including phenoxy) is 1. The molecule has 0 N–H and O–H groups in total. The smallest absolute Gasteiger partial charge is 0.321 e. The van der Waals surface area contributed by atoms with Crippen LogP contribution in [0.15, 0.2) is 47.4 Å². The molecule has 0 radical (unpaired) electrons. The van der Waals surface area contributed by atoms with E-state index < -0.39 is 22.5 Å². The molecular weight excluding hydrogens is 385 g/mol. The summed E-state index contributed by atoms with van der Waals surface area (Å²) in [5, 5.41) is 0.759. The largest absolute Gasteiger partial charge is 0.460 e. The molecule has 0 aromatic heterocycles. The normalized spacial score (nSPS) is 11.6. The van der Waals surface area contributed by atoms with Gasteiger partial charge in [-0.05, 0) is 36.8 Å². The second-order valence-electron chi connectivity index (χ2n) is 5.48. The summed E-state index contributed by atoms with van der Waals surface area (Å²) in [6.07, 6.45) is 0. The van der Waals surface area contributed by atoms with Gasteiger partial charge in [-0.25, -0.2) is 8.42 Å². The van der Waals surface area contributed by atoms with Crippen molar-refractivity contribution in [3.05, 3.63) is 63.6 Å². The Kier molecular flexibility index (Phi) is 6.46. The van der Waals surface area contributed by atoms with Gasteiger partial charge >= 0.3 is 5.97 Å². The highest BCUT2D eigenvalue weighted by molar-refractivity contribution is 7.89. The first kappa shape index (κ1) is 19.7. The summed E-state index contributed by atoms with van der Waals surface area (Å²) >= 11 is 11.7. The minimum absolute atomic E-state index is 0.0197. The molecule has 0 bridgehead atoms. The quantitative estimate of drug-likeness (QED) is 0.692. The first-order valence-corrected chi connectivity index (χ1v) is 9.52. The molecule has 5 nitrogen and oxygen atoms in total. The topological polar surface area (TPSA) is 63.7 Å². The van der Waals surface area contributed by atoms with Gasteiger partial charge in [0, 0.05) is 7.05 Å². The van der Waals surface area contributed by atoms with Crippen LogP contribution in [0.3, 0.4) is 0 Å². The lowest BCUT2D eigenvalue weighted by Crippen LogP contribution is -2.33. The van der Waals surface area contributed by atoms with E-state index in [9.17, 15) is 13.2 Å². The van der Waals surface area contributed by atoms with E-state index in [0.29, 0.717) is 15.6 Å². The fraction of sp³-hybridized carbons (Fsp3) is 0.235. The highest BCUT2D eigenvalue weighted by Crippen LogP contribution is 2.23. The Labute approximate surface area is 157 Å². The minimum atomic E-state index is -3.75.